The normalized spacial score (nSPS) is 13.2. The maximum Gasteiger partial charge on any atom is 0.314 e. The summed E-state index contributed by atoms with van der Waals surface area (Å²) in [6, 6.07) is 4.05. The van der Waals surface area contributed by atoms with E-state index in [1.165, 1.54) is 5.56 Å². The first kappa shape index (κ1) is 21.4. The van der Waals surface area contributed by atoms with Crippen LogP contribution in [-0.4, -0.2) is 30.6 Å². The second-order valence-corrected chi connectivity index (χ2v) is 6.67. The largest absolute Gasteiger partial charge is 0.370 e. The summed E-state index contributed by atoms with van der Waals surface area (Å²) in [7, 11) is 0. The second kappa shape index (κ2) is 12.5. The average Bonchev–Trinajstić information content (AvgIpc) is 2.70. The van der Waals surface area contributed by atoms with Gasteiger partial charge in [0.05, 0.1) is 5.92 Å². The Morgan fingerprint density at radius 3 is 3.00 bits per heavy atom. The van der Waals surface area contributed by atoms with Crippen molar-refractivity contribution < 1.29 is 4.79 Å². The number of hydrogen-bond acceptors (Lipinski definition) is 3. The Hall–Kier alpha value is -2.92. The molecule has 1 atom stereocenters. The molecular formula is C23H30N4O. The summed E-state index contributed by atoms with van der Waals surface area (Å²) >= 11 is 0. The predicted molar refractivity (Wildman–Crippen MR) is 115 cm³/mol. The first-order valence-electron chi connectivity index (χ1n) is 9.99. The molecule has 5 heteroatoms. The number of aromatic nitrogens is 1. The molecule has 2 amide bonds. The fourth-order valence-electron chi connectivity index (χ4n) is 2.87. The van der Waals surface area contributed by atoms with Gasteiger partial charge in [-0.15, -0.1) is 5.92 Å². The fourth-order valence-corrected chi connectivity index (χ4v) is 2.87. The lowest BCUT2D eigenvalue weighted by atomic mass is 10.1. The molecule has 3 N–H and O–H groups in total. The van der Waals surface area contributed by atoms with Gasteiger partial charge in [0.15, 0.2) is 0 Å². The highest BCUT2D eigenvalue weighted by Gasteiger charge is 2.10. The highest BCUT2D eigenvalue weighted by molar-refractivity contribution is 5.73. The number of urea groups is 1. The second-order valence-electron chi connectivity index (χ2n) is 6.67. The summed E-state index contributed by atoms with van der Waals surface area (Å²) in [5.74, 6) is 13.1. The summed E-state index contributed by atoms with van der Waals surface area (Å²) in [6.45, 7) is 5.98. The van der Waals surface area contributed by atoms with Crippen LogP contribution in [0.1, 0.15) is 44.4 Å². The molecule has 0 aromatic carbocycles. The van der Waals surface area contributed by atoms with Crippen LogP contribution in [-0.2, 0) is 12.8 Å². The SMILES string of the molecule is CC#CC(C)C#CC/C=C\CCNC(=O)NCCc1ccc2c(n1)NCCC2. The van der Waals surface area contributed by atoms with Crippen molar-refractivity contribution in [3.63, 3.8) is 0 Å². The third-order valence-corrected chi connectivity index (χ3v) is 4.28. The summed E-state index contributed by atoms with van der Waals surface area (Å²) in [6.07, 6.45) is 8.53. The van der Waals surface area contributed by atoms with Crippen molar-refractivity contribution in [2.75, 3.05) is 25.0 Å². The fraction of sp³-hybridized carbons (Fsp3) is 0.478. The minimum atomic E-state index is -0.142. The van der Waals surface area contributed by atoms with Crippen LogP contribution in [0.25, 0.3) is 0 Å². The van der Waals surface area contributed by atoms with Gasteiger partial charge in [-0.05, 0) is 44.7 Å². The third kappa shape index (κ3) is 8.18. The van der Waals surface area contributed by atoms with Crippen molar-refractivity contribution in [2.45, 2.75) is 46.0 Å². The number of aryl methyl sites for hydroxylation is 1. The monoisotopic (exact) mass is 378 g/mol. The first-order chi connectivity index (χ1) is 13.7. The molecule has 1 aliphatic rings. The van der Waals surface area contributed by atoms with E-state index >= 15 is 0 Å². The molecule has 0 aliphatic carbocycles. The molecule has 2 rings (SSSR count). The van der Waals surface area contributed by atoms with Crippen LogP contribution in [0.15, 0.2) is 24.3 Å². The molecule has 148 valence electrons. The zero-order valence-corrected chi connectivity index (χ0v) is 16.9. The van der Waals surface area contributed by atoms with E-state index in [0.29, 0.717) is 19.5 Å². The number of nitrogens with one attached hydrogen (secondary N) is 3. The van der Waals surface area contributed by atoms with E-state index in [1.54, 1.807) is 0 Å². The highest BCUT2D eigenvalue weighted by Crippen LogP contribution is 2.19. The van der Waals surface area contributed by atoms with Crippen LogP contribution in [0.5, 0.6) is 0 Å². The van der Waals surface area contributed by atoms with Crippen LogP contribution in [0.3, 0.4) is 0 Å². The van der Waals surface area contributed by atoms with Crippen LogP contribution in [0, 0.1) is 29.6 Å². The number of amides is 2. The molecule has 1 unspecified atom stereocenters. The lowest BCUT2D eigenvalue weighted by Gasteiger charge is -2.17. The Kier molecular flexibility index (Phi) is 9.52. The Morgan fingerprint density at radius 2 is 2.14 bits per heavy atom. The number of carbonyl (C=O) groups is 1. The number of rotatable bonds is 7. The van der Waals surface area contributed by atoms with Gasteiger partial charge in [0.2, 0.25) is 0 Å². The predicted octanol–water partition coefficient (Wildman–Crippen LogP) is 3.28. The smallest absolute Gasteiger partial charge is 0.314 e. The minimum Gasteiger partial charge on any atom is -0.370 e. The molecule has 0 saturated carbocycles. The molecule has 1 aromatic heterocycles. The molecule has 0 radical (unpaired) electrons. The van der Waals surface area contributed by atoms with Crippen molar-refractivity contribution in [3.8, 4) is 23.7 Å². The van der Waals surface area contributed by atoms with Crippen LogP contribution in [0.4, 0.5) is 10.6 Å². The van der Waals surface area contributed by atoms with E-state index in [4.69, 9.17) is 0 Å². The van der Waals surface area contributed by atoms with Gasteiger partial charge in [-0.2, -0.15) is 0 Å². The van der Waals surface area contributed by atoms with Crippen molar-refractivity contribution in [2.24, 2.45) is 5.92 Å². The number of carbonyl (C=O) groups excluding carboxylic acids is 1. The molecular weight excluding hydrogens is 348 g/mol. The van der Waals surface area contributed by atoms with E-state index < -0.39 is 0 Å². The van der Waals surface area contributed by atoms with E-state index in [9.17, 15) is 4.79 Å². The van der Waals surface area contributed by atoms with Gasteiger partial charge in [0.1, 0.15) is 5.82 Å². The van der Waals surface area contributed by atoms with Crippen LogP contribution in [0.2, 0.25) is 0 Å². The van der Waals surface area contributed by atoms with Crippen molar-refractivity contribution >= 4 is 11.8 Å². The molecule has 28 heavy (non-hydrogen) atoms. The number of hydrogen-bond donors (Lipinski definition) is 3. The van der Waals surface area contributed by atoms with Gasteiger partial charge in [-0.25, -0.2) is 9.78 Å². The summed E-state index contributed by atoms with van der Waals surface area (Å²) in [5.41, 5.74) is 2.28. The Bertz CT molecular complexity index is 792. The lowest BCUT2D eigenvalue weighted by molar-refractivity contribution is 0.241. The van der Waals surface area contributed by atoms with Gasteiger partial charge < -0.3 is 16.0 Å². The molecule has 1 aliphatic heterocycles. The number of pyridine rings is 1. The van der Waals surface area contributed by atoms with Crippen molar-refractivity contribution in [1.82, 2.24) is 15.6 Å². The Morgan fingerprint density at radius 1 is 1.29 bits per heavy atom. The lowest BCUT2D eigenvalue weighted by Crippen LogP contribution is -2.37. The Labute approximate surface area is 168 Å². The van der Waals surface area contributed by atoms with Gasteiger partial charge in [0, 0.05) is 38.2 Å². The zero-order valence-electron chi connectivity index (χ0n) is 16.9. The van der Waals surface area contributed by atoms with E-state index in [2.05, 4.69) is 56.7 Å². The first-order valence-corrected chi connectivity index (χ1v) is 9.99. The van der Waals surface area contributed by atoms with Gasteiger partial charge in [0.25, 0.3) is 0 Å². The zero-order chi connectivity index (χ0) is 20.0. The van der Waals surface area contributed by atoms with Crippen LogP contribution >= 0.6 is 0 Å². The number of allylic oxidation sites excluding steroid dienone is 1. The van der Waals surface area contributed by atoms with Gasteiger partial charge in [-0.3, -0.25) is 0 Å². The standard InChI is InChI=1S/C23H30N4O/c1-3-10-19(2)11-7-5-4-6-8-16-25-23(28)26-18-15-21-14-13-20-12-9-17-24-22(20)27-21/h4,6,13-14,19H,5,8-9,12,15-18H2,1-2H3,(H,24,27)(H2,25,26,28)/b6-4-. The summed E-state index contributed by atoms with van der Waals surface area (Å²) < 4.78 is 0. The van der Waals surface area contributed by atoms with Crippen molar-refractivity contribution in [1.29, 1.82) is 0 Å². The molecule has 5 nitrogen and oxygen atoms in total. The number of fused-ring (bicyclic) bond motifs is 1. The minimum absolute atomic E-state index is 0.122. The quantitative estimate of drug-likeness (QED) is 0.388. The number of nitrogens with zero attached hydrogens (tertiary/aromatic N) is 1. The molecule has 0 fully saturated rings. The third-order valence-electron chi connectivity index (χ3n) is 4.28. The van der Waals surface area contributed by atoms with Crippen molar-refractivity contribution in [3.05, 3.63) is 35.5 Å². The van der Waals surface area contributed by atoms with Crippen LogP contribution < -0.4 is 16.0 Å². The maximum absolute atomic E-state index is 11.8. The Balaban J connectivity index is 1.55. The maximum atomic E-state index is 11.8. The topological polar surface area (TPSA) is 66.0 Å². The van der Waals surface area contributed by atoms with E-state index in [1.807, 2.05) is 26.0 Å². The highest BCUT2D eigenvalue weighted by atomic mass is 16.2. The summed E-state index contributed by atoms with van der Waals surface area (Å²) in [5, 5.41) is 9.07. The van der Waals surface area contributed by atoms with E-state index in [0.717, 1.165) is 43.7 Å². The molecule has 2 heterocycles. The number of anilines is 1. The van der Waals surface area contributed by atoms with Gasteiger partial charge >= 0.3 is 6.03 Å². The molecule has 1 aromatic rings. The molecule has 0 saturated heterocycles. The van der Waals surface area contributed by atoms with Gasteiger partial charge in [-0.1, -0.05) is 36.0 Å². The molecule has 0 bridgehead atoms. The average molecular weight is 379 g/mol. The van der Waals surface area contributed by atoms with E-state index in [-0.39, 0.29) is 11.9 Å². The molecule has 0 spiro atoms. The summed E-state index contributed by atoms with van der Waals surface area (Å²) in [4.78, 5) is 16.5.